The standard InChI is InChI=1S/C63H114O6/c1-4-7-10-13-16-19-22-25-28-30-31-33-35-38-41-44-47-50-53-56-62(65)68-59-60(58-67-61(64)55-52-49-46-43-40-37-34-27-24-21-18-15-12-9-6-3)69-63(66)57-54-51-48-45-42-39-36-32-29-26-23-20-17-14-11-8-5-2/h17,20,25-29,34,60H,4-16,18-19,21-24,30-33,35-59H2,1-3H3/b20-17-,28-25-,29-26-,34-27-. The lowest BCUT2D eigenvalue weighted by molar-refractivity contribution is -0.167. The van der Waals surface area contributed by atoms with Gasteiger partial charge in [-0.1, -0.05) is 243 Å². The molecule has 0 saturated carbocycles. The fourth-order valence-corrected chi connectivity index (χ4v) is 8.70. The molecule has 0 aliphatic rings. The van der Waals surface area contributed by atoms with E-state index >= 15 is 0 Å². The quantitative estimate of drug-likeness (QED) is 0.0262. The van der Waals surface area contributed by atoms with Crippen molar-refractivity contribution < 1.29 is 28.6 Å². The van der Waals surface area contributed by atoms with E-state index in [-0.39, 0.29) is 31.1 Å². The van der Waals surface area contributed by atoms with Crippen LogP contribution in [0.3, 0.4) is 0 Å². The summed E-state index contributed by atoms with van der Waals surface area (Å²) in [6.07, 6.45) is 71.0. The molecule has 0 aliphatic heterocycles. The van der Waals surface area contributed by atoms with Crippen molar-refractivity contribution in [1.29, 1.82) is 0 Å². The van der Waals surface area contributed by atoms with Crippen molar-refractivity contribution in [3.8, 4) is 0 Å². The van der Waals surface area contributed by atoms with Gasteiger partial charge in [0.05, 0.1) is 0 Å². The molecule has 0 amide bonds. The molecule has 69 heavy (non-hydrogen) atoms. The van der Waals surface area contributed by atoms with Crippen LogP contribution in [0.1, 0.15) is 316 Å². The van der Waals surface area contributed by atoms with Crippen LogP contribution in [0.15, 0.2) is 48.6 Å². The number of hydrogen-bond donors (Lipinski definition) is 0. The number of carbonyl (C=O) groups excluding carboxylic acids is 3. The van der Waals surface area contributed by atoms with Crippen LogP contribution in [0.25, 0.3) is 0 Å². The molecule has 0 aromatic rings. The Morgan fingerprint density at radius 2 is 0.522 bits per heavy atom. The number of unbranched alkanes of at least 4 members (excludes halogenated alkanes) is 36. The number of rotatable bonds is 55. The topological polar surface area (TPSA) is 78.9 Å². The van der Waals surface area contributed by atoms with Crippen molar-refractivity contribution >= 4 is 17.9 Å². The molecule has 6 heteroatoms. The van der Waals surface area contributed by atoms with Gasteiger partial charge in [-0.3, -0.25) is 14.4 Å². The average molecular weight is 968 g/mol. The number of carbonyl (C=O) groups is 3. The largest absolute Gasteiger partial charge is 0.462 e. The first-order chi connectivity index (χ1) is 34.0. The maximum atomic E-state index is 12.9. The minimum Gasteiger partial charge on any atom is -0.462 e. The lowest BCUT2D eigenvalue weighted by atomic mass is 10.1. The minimum atomic E-state index is -0.781. The second-order valence-corrected chi connectivity index (χ2v) is 20.2. The Labute approximate surface area is 428 Å². The van der Waals surface area contributed by atoms with Crippen LogP contribution in [0.4, 0.5) is 0 Å². The van der Waals surface area contributed by atoms with Gasteiger partial charge < -0.3 is 14.2 Å². The van der Waals surface area contributed by atoms with E-state index in [0.717, 1.165) is 77.0 Å². The molecule has 1 unspecified atom stereocenters. The molecule has 0 aliphatic carbocycles. The summed E-state index contributed by atoms with van der Waals surface area (Å²) in [4.78, 5) is 38.2. The van der Waals surface area contributed by atoms with Crippen molar-refractivity contribution in [3.63, 3.8) is 0 Å². The normalized spacial score (nSPS) is 12.3. The SMILES string of the molecule is CCCCC/C=C\C/C=C\CCCCCCCCCC(=O)OC(COC(=O)CCCCCCC/C=C\CCCCCCCC)COC(=O)CCCCCCCCCCC/C=C\CCCCCCCC. The van der Waals surface area contributed by atoms with Gasteiger partial charge in [0.25, 0.3) is 0 Å². The van der Waals surface area contributed by atoms with Gasteiger partial charge in [0.2, 0.25) is 0 Å². The molecule has 0 fully saturated rings. The first kappa shape index (κ1) is 66.4. The molecule has 0 N–H and O–H groups in total. The zero-order chi connectivity index (χ0) is 50.0. The van der Waals surface area contributed by atoms with Crippen molar-refractivity contribution in [2.24, 2.45) is 0 Å². The third kappa shape index (κ3) is 56.2. The highest BCUT2D eigenvalue weighted by atomic mass is 16.6. The Morgan fingerprint density at radius 1 is 0.290 bits per heavy atom. The van der Waals surface area contributed by atoms with E-state index in [1.807, 2.05) is 0 Å². The Balaban J connectivity index is 4.37. The van der Waals surface area contributed by atoms with Gasteiger partial charge in [0.1, 0.15) is 13.2 Å². The average Bonchev–Trinajstić information content (AvgIpc) is 3.35. The summed E-state index contributed by atoms with van der Waals surface area (Å²) in [5.74, 6) is -0.881. The van der Waals surface area contributed by atoms with Crippen LogP contribution in [0.5, 0.6) is 0 Å². The fourth-order valence-electron chi connectivity index (χ4n) is 8.70. The third-order valence-electron chi connectivity index (χ3n) is 13.3. The first-order valence-electron chi connectivity index (χ1n) is 30.1. The number of hydrogen-bond acceptors (Lipinski definition) is 6. The molecular formula is C63H114O6. The molecule has 0 heterocycles. The van der Waals surface area contributed by atoms with Crippen molar-refractivity contribution in [3.05, 3.63) is 48.6 Å². The second-order valence-electron chi connectivity index (χ2n) is 20.2. The van der Waals surface area contributed by atoms with Gasteiger partial charge in [0.15, 0.2) is 6.10 Å². The maximum absolute atomic E-state index is 12.9. The van der Waals surface area contributed by atoms with E-state index in [0.29, 0.717) is 19.3 Å². The molecule has 0 bridgehead atoms. The predicted molar refractivity (Wildman–Crippen MR) is 298 cm³/mol. The Hall–Kier alpha value is -2.63. The lowest BCUT2D eigenvalue weighted by Gasteiger charge is -2.18. The predicted octanol–water partition coefficient (Wildman–Crippen LogP) is 20.2. The Bertz CT molecular complexity index is 1200. The zero-order valence-corrected chi connectivity index (χ0v) is 46.1. The highest BCUT2D eigenvalue weighted by molar-refractivity contribution is 5.71. The third-order valence-corrected chi connectivity index (χ3v) is 13.3. The van der Waals surface area contributed by atoms with Gasteiger partial charge in [-0.05, 0) is 103 Å². The van der Waals surface area contributed by atoms with E-state index in [2.05, 4.69) is 69.4 Å². The van der Waals surface area contributed by atoms with Crippen molar-refractivity contribution in [2.45, 2.75) is 322 Å². The number of ether oxygens (including phenoxy) is 3. The summed E-state index contributed by atoms with van der Waals surface area (Å²) in [6.45, 7) is 6.63. The van der Waals surface area contributed by atoms with Crippen LogP contribution >= 0.6 is 0 Å². The Morgan fingerprint density at radius 3 is 0.841 bits per heavy atom. The molecule has 0 rings (SSSR count). The Kier molecular flexibility index (Phi) is 55.7. The van der Waals surface area contributed by atoms with Crippen molar-refractivity contribution in [1.82, 2.24) is 0 Å². The molecule has 0 aromatic carbocycles. The monoisotopic (exact) mass is 967 g/mol. The molecule has 6 nitrogen and oxygen atoms in total. The van der Waals surface area contributed by atoms with Crippen molar-refractivity contribution in [2.75, 3.05) is 13.2 Å². The highest BCUT2D eigenvalue weighted by Crippen LogP contribution is 2.16. The van der Waals surface area contributed by atoms with Crippen LogP contribution in [-0.4, -0.2) is 37.2 Å². The summed E-state index contributed by atoms with van der Waals surface area (Å²) < 4.78 is 16.9. The summed E-state index contributed by atoms with van der Waals surface area (Å²) >= 11 is 0. The maximum Gasteiger partial charge on any atom is 0.306 e. The van der Waals surface area contributed by atoms with Crippen LogP contribution < -0.4 is 0 Å². The lowest BCUT2D eigenvalue weighted by Crippen LogP contribution is -2.30. The summed E-state index contributed by atoms with van der Waals surface area (Å²) in [5, 5.41) is 0. The van der Waals surface area contributed by atoms with E-state index in [9.17, 15) is 14.4 Å². The summed E-state index contributed by atoms with van der Waals surface area (Å²) in [5.41, 5.74) is 0. The molecule has 1 atom stereocenters. The van der Waals surface area contributed by atoms with Gasteiger partial charge in [0, 0.05) is 19.3 Å². The minimum absolute atomic E-state index is 0.0783. The van der Waals surface area contributed by atoms with E-state index in [1.165, 1.54) is 199 Å². The zero-order valence-electron chi connectivity index (χ0n) is 46.1. The molecule has 0 aromatic heterocycles. The summed E-state index contributed by atoms with van der Waals surface area (Å²) in [7, 11) is 0. The molecule has 0 spiro atoms. The number of allylic oxidation sites excluding steroid dienone is 8. The van der Waals surface area contributed by atoms with Crippen LogP contribution in [0, 0.1) is 0 Å². The van der Waals surface area contributed by atoms with Gasteiger partial charge in [-0.25, -0.2) is 0 Å². The number of esters is 3. The van der Waals surface area contributed by atoms with E-state index < -0.39 is 6.10 Å². The summed E-state index contributed by atoms with van der Waals surface area (Å²) in [6, 6.07) is 0. The second kappa shape index (κ2) is 57.9. The van der Waals surface area contributed by atoms with Gasteiger partial charge >= 0.3 is 17.9 Å². The molecule has 0 saturated heterocycles. The molecule has 402 valence electrons. The molecular weight excluding hydrogens is 853 g/mol. The van der Waals surface area contributed by atoms with E-state index in [4.69, 9.17) is 14.2 Å². The smallest absolute Gasteiger partial charge is 0.306 e. The fraction of sp³-hybridized carbons (Fsp3) is 0.825. The van der Waals surface area contributed by atoms with Gasteiger partial charge in [-0.15, -0.1) is 0 Å². The van der Waals surface area contributed by atoms with Crippen LogP contribution in [0.2, 0.25) is 0 Å². The molecule has 0 radical (unpaired) electrons. The van der Waals surface area contributed by atoms with E-state index in [1.54, 1.807) is 0 Å². The van der Waals surface area contributed by atoms with Crippen LogP contribution in [-0.2, 0) is 28.6 Å². The van der Waals surface area contributed by atoms with Gasteiger partial charge in [-0.2, -0.15) is 0 Å². The first-order valence-corrected chi connectivity index (χ1v) is 30.1. The highest BCUT2D eigenvalue weighted by Gasteiger charge is 2.19.